The number of ether oxygens (including phenoxy) is 2. The molecule has 0 unspecified atom stereocenters. The van der Waals surface area contributed by atoms with Crippen LogP contribution in [0.5, 0.6) is 0 Å². The Balaban J connectivity index is 2.17. The first-order chi connectivity index (χ1) is 10.7. The van der Waals surface area contributed by atoms with Gasteiger partial charge in [0.05, 0.1) is 5.69 Å². The van der Waals surface area contributed by atoms with E-state index in [1.807, 2.05) is 44.2 Å². The molecule has 0 spiro atoms. The number of aromatic nitrogens is 1. The maximum absolute atomic E-state index is 6.15. The summed E-state index contributed by atoms with van der Waals surface area (Å²) in [6.45, 7) is 5.26. The molecular weight excluding hydrogens is 298 g/mol. The highest BCUT2D eigenvalue weighted by atomic mass is 35.5. The molecule has 0 saturated heterocycles. The Morgan fingerprint density at radius 2 is 1.86 bits per heavy atom. The first-order valence-electron chi connectivity index (χ1n) is 7.67. The predicted octanol–water partition coefficient (Wildman–Crippen LogP) is 4.73. The molecule has 3 nitrogen and oxygen atoms in total. The maximum atomic E-state index is 6.15. The molecule has 118 valence electrons. The monoisotopic (exact) mass is 319 g/mol. The Morgan fingerprint density at radius 3 is 2.50 bits per heavy atom. The van der Waals surface area contributed by atoms with Crippen molar-refractivity contribution >= 4 is 11.6 Å². The smallest absolute Gasteiger partial charge is 0.157 e. The van der Waals surface area contributed by atoms with E-state index in [4.69, 9.17) is 21.1 Å². The second kappa shape index (κ2) is 8.89. The van der Waals surface area contributed by atoms with Crippen LogP contribution in [0.2, 0.25) is 5.02 Å². The second-order valence-electron chi connectivity index (χ2n) is 4.90. The fraction of sp³-hybridized carbons (Fsp3) is 0.389. The molecule has 2 aromatic rings. The number of pyridine rings is 1. The minimum Gasteiger partial charge on any atom is -0.353 e. The summed E-state index contributed by atoms with van der Waals surface area (Å²) in [5.74, 6) is 0. The summed E-state index contributed by atoms with van der Waals surface area (Å²) in [7, 11) is 0. The van der Waals surface area contributed by atoms with Crippen LogP contribution in [0.25, 0.3) is 11.3 Å². The molecule has 1 aromatic carbocycles. The van der Waals surface area contributed by atoms with Crippen molar-refractivity contribution in [1.82, 2.24) is 4.98 Å². The summed E-state index contributed by atoms with van der Waals surface area (Å²) in [6, 6.07) is 11.8. The van der Waals surface area contributed by atoms with Crippen LogP contribution in [0.15, 0.2) is 42.6 Å². The van der Waals surface area contributed by atoms with Crippen molar-refractivity contribution in [2.24, 2.45) is 0 Å². The van der Waals surface area contributed by atoms with E-state index in [0.717, 1.165) is 29.1 Å². The number of benzene rings is 1. The van der Waals surface area contributed by atoms with E-state index in [1.165, 1.54) is 5.56 Å². The molecule has 22 heavy (non-hydrogen) atoms. The van der Waals surface area contributed by atoms with E-state index in [0.29, 0.717) is 13.2 Å². The molecule has 4 heteroatoms. The normalized spacial score (nSPS) is 11.1. The number of halogens is 1. The lowest BCUT2D eigenvalue weighted by Crippen LogP contribution is -2.18. The molecule has 0 N–H and O–H groups in total. The minimum absolute atomic E-state index is 0.165. The van der Waals surface area contributed by atoms with E-state index in [1.54, 1.807) is 6.20 Å². The van der Waals surface area contributed by atoms with Crippen molar-refractivity contribution in [3.05, 3.63) is 53.2 Å². The van der Waals surface area contributed by atoms with Crippen LogP contribution in [-0.4, -0.2) is 24.5 Å². The van der Waals surface area contributed by atoms with Gasteiger partial charge in [0.25, 0.3) is 0 Å². The molecule has 1 heterocycles. The van der Waals surface area contributed by atoms with Gasteiger partial charge in [0, 0.05) is 36.4 Å². The average molecular weight is 320 g/mol. The van der Waals surface area contributed by atoms with Crippen molar-refractivity contribution in [2.75, 3.05) is 13.2 Å². The van der Waals surface area contributed by atoms with Gasteiger partial charge in [0.15, 0.2) is 6.29 Å². The number of aryl methyl sites for hydroxylation is 1. The van der Waals surface area contributed by atoms with Crippen molar-refractivity contribution in [2.45, 2.75) is 33.0 Å². The van der Waals surface area contributed by atoms with Crippen LogP contribution >= 0.6 is 11.6 Å². The van der Waals surface area contributed by atoms with Gasteiger partial charge in [-0.2, -0.15) is 0 Å². The van der Waals surface area contributed by atoms with Gasteiger partial charge in [-0.25, -0.2) is 0 Å². The standard InChI is InChI=1S/C18H22ClNO2/c1-3-21-18(22-4-2)11-9-14-8-10-15(19)13-16(14)17-7-5-6-12-20-17/h5-8,10,12-13,18H,3-4,9,11H2,1-2H3. The lowest BCUT2D eigenvalue weighted by atomic mass is 10.00. The zero-order chi connectivity index (χ0) is 15.8. The van der Waals surface area contributed by atoms with E-state index < -0.39 is 0 Å². The Labute approximate surface area is 137 Å². The quantitative estimate of drug-likeness (QED) is 0.659. The van der Waals surface area contributed by atoms with Gasteiger partial charge >= 0.3 is 0 Å². The Hall–Kier alpha value is -1.42. The lowest BCUT2D eigenvalue weighted by Gasteiger charge is -2.18. The van der Waals surface area contributed by atoms with Crippen molar-refractivity contribution in [1.29, 1.82) is 0 Å². The lowest BCUT2D eigenvalue weighted by molar-refractivity contribution is -0.139. The molecule has 0 saturated carbocycles. The largest absolute Gasteiger partial charge is 0.353 e. The van der Waals surface area contributed by atoms with Gasteiger partial charge in [-0.3, -0.25) is 4.98 Å². The zero-order valence-electron chi connectivity index (χ0n) is 13.1. The van der Waals surface area contributed by atoms with Gasteiger partial charge < -0.3 is 9.47 Å². The third-order valence-corrected chi connectivity index (χ3v) is 3.60. The molecule has 1 aromatic heterocycles. The van der Waals surface area contributed by atoms with E-state index in [-0.39, 0.29) is 6.29 Å². The first-order valence-corrected chi connectivity index (χ1v) is 8.05. The van der Waals surface area contributed by atoms with E-state index >= 15 is 0 Å². The van der Waals surface area contributed by atoms with Crippen LogP contribution < -0.4 is 0 Å². The predicted molar refractivity (Wildman–Crippen MR) is 90.0 cm³/mol. The van der Waals surface area contributed by atoms with E-state index in [9.17, 15) is 0 Å². The number of nitrogens with zero attached hydrogens (tertiary/aromatic N) is 1. The van der Waals surface area contributed by atoms with Gasteiger partial charge in [-0.1, -0.05) is 23.7 Å². The number of hydrogen-bond donors (Lipinski definition) is 0. The summed E-state index contributed by atoms with van der Waals surface area (Å²) >= 11 is 6.15. The highest BCUT2D eigenvalue weighted by molar-refractivity contribution is 6.30. The Morgan fingerprint density at radius 1 is 1.09 bits per heavy atom. The molecule has 0 radical (unpaired) electrons. The molecule has 0 atom stereocenters. The van der Waals surface area contributed by atoms with Crippen LogP contribution in [0.4, 0.5) is 0 Å². The third-order valence-electron chi connectivity index (χ3n) is 3.37. The van der Waals surface area contributed by atoms with E-state index in [2.05, 4.69) is 11.1 Å². The number of rotatable bonds is 8. The summed E-state index contributed by atoms with van der Waals surface area (Å²) < 4.78 is 11.2. The fourth-order valence-electron chi connectivity index (χ4n) is 2.39. The highest BCUT2D eigenvalue weighted by Gasteiger charge is 2.12. The molecule has 0 aliphatic carbocycles. The Bertz CT molecular complexity index is 569. The van der Waals surface area contributed by atoms with Crippen LogP contribution in [0, 0.1) is 0 Å². The summed E-state index contributed by atoms with van der Waals surface area (Å²) in [4.78, 5) is 4.43. The maximum Gasteiger partial charge on any atom is 0.157 e. The van der Waals surface area contributed by atoms with Gasteiger partial charge in [-0.15, -0.1) is 0 Å². The fourth-order valence-corrected chi connectivity index (χ4v) is 2.56. The molecular formula is C18H22ClNO2. The average Bonchev–Trinajstić information content (AvgIpc) is 2.54. The van der Waals surface area contributed by atoms with Crippen molar-refractivity contribution in [3.8, 4) is 11.3 Å². The van der Waals surface area contributed by atoms with Gasteiger partial charge in [0.1, 0.15) is 0 Å². The van der Waals surface area contributed by atoms with Crippen LogP contribution in [0.1, 0.15) is 25.8 Å². The third kappa shape index (κ3) is 4.80. The molecule has 0 amide bonds. The topological polar surface area (TPSA) is 31.4 Å². The first kappa shape index (κ1) is 16.9. The van der Waals surface area contributed by atoms with Crippen LogP contribution in [0.3, 0.4) is 0 Å². The number of hydrogen-bond acceptors (Lipinski definition) is 3. The molecule has 0 fully saturated rings. The Kier molecular flexibility index (Phi) is 6.84. The second-order valence-corrected chi connectivity index (χ2v) is 5.33. The summed E-state index contributed by atoms with van der Waals surface area (Å²) in [6.07, 6.45) is 3.29. The minimum atomic E-state index is -0.165. The SMILES string of the molecule is CCOC(CCc1ccc(Cl)cc1-c1ccccn1)OCC. The van der Waals surface area contributed by atoms with Gasteiger partial charge in [-0.05, 0) is 50.1 Å². The van der Waals surface area contributed by atoms with Crippen LogP contribution in [-0.2, 0) is 15.9 Å². The molecule has 0 bridgehead atoms. The van der Waals surface area contributed by atoms with Crippen molar-refractivity contribution in [3.63, 3.8) is 0 Å². The van der Waals surface area contributed by atoms with Gasteiger partial charge in [0.2, 0.25) is 0 Å². The summed E-state index contributed by atoms with van der Waals surface area (Å²) in [5.41, 5.74) is 3.21. The zero-order valence-corrected chi connectivity index (χ0v) is 13.8. The highest BCUT2D eigenvalue weighted by Crippen LogP contribution is 2.27. The molecule has 2 rings (SSSR count). The molecule has 0 aliphatic heterocycles. The van der Waals surface area contributed by atoms with Crippen molar-refractivity contribution < 1.29 is 9.47 Å². The molecule has 0 aliphatic rings. The summed E-state index contributed by atoms with van der Waals surface area (Å²) in [5, 5.41) is 0.718.